The quantitative estimate of drug-likeness (QED) is 0.439. The second kappa shape index (κ2) is 11.5. The fourth-order valence-corrected chi connectivity index (χ4v) is 2.41. The number of hydrogen-bond donors (Lipinski definition) is 1. The van der Waals surface area contributed by atoms with E-state index in [-0.39, 0.29) is 6.10 Å². The summed E-state index contributed by atoms with van der Waals surface area (Å²) in [6.45, 7) is 6.45. The molecule has 2 atom stereocenters. The molecule has 0 spiro atoms. The fraction of sp³-hybridized carbons (Fsp3) is 0.579. The lowest BCUT2D eigenvalue weighted by Gasteiger charge is -2.21. The third-order valence-electron chi connectivity index (χ3n) is 3.77. The van der Waals surface area contributed by atoms with Gasteiger partial charge in [-0.15, -0.1) is 6.58 Å². The Morgan fingerprint density at radius 1 is 1.10 bits per heavy atom. The minimum atomic E-state index is -0.579. The van der Waals surface area contributed by atoms with E-state index in [2.05, 4.69) is 13.5 Å². The molecule has 2 nitrogen and oxygen atoms in total. The largest absolute Gasteiger partial charge is 0.386 e. The molecule has 0 saturated heterocycles. The van der Waals surface area contributed by atoms with Crippen LogP contribution in [0.2, 0.25) is 0 Å². The highest BCUT2D eigenvalue weighted by atomic mass is 16.5. The number of aliphatic hydroxyl groups excluding tert-OH is 1. The number of ether oxygens (including phenoxy) is 1. The van der Waals surface area contributed by atoms with Gasteiger partial charge in [-0.25, -0.2) is 0 Å². The van der Waals surface area contributed by atoms with Crippen LogP contribution in [0, 0.1) is 0 Å². The van der Waals surface area contributed by atoms with Gasteiger partial charge < -0.3 is 9.84 Å². The van der Waals surface area contributed by atoms with Crippen molar-refractivity contribution in [3.8, 4) is 0 Å². The number of benzene rings is 1. The molecule has 0 aromatic heterocycles. The van der Waals surface area contributed by atoms with Gasteiger partial charge in [0.15, 0.2) is 0 Å². The van der Waals surface area contributed by atoms with E-state index in [1.165, 1.54) is 32.1 Å². The van der Waals surface area contributed by atoms with E-state index < -0.39 is 6.10 Å². The maximum atomic E-state index is 9.99. The van der Waals surface area contributed by atoms with Crippen molar-refractivity contribution < 1.29 is 9.84 Å². The van der Waals surface area contributed by atoms with Crippen molar-refractivity contribution in [3.05, 3.63) is 48.6 Å². The first kappa shape index (κ1) is 17.9. The van der Waals surface area contributed by atoms with Crippen LogP contribution in [-0.2, 0) is 11.3 Å². The van der Waals surface area contributed by atoms with Gasteiger partial charge in [0.1, 0.15) is 0 Å². The van der Waals surface area contributed by atoms with Crippen LogP contribution in [-0.4, -0.2) is 17.3 Å². The Balaban J connectivity index is 2.29. The molecule has 1 rings (SSSR count). The van der Waals surface area contributed by atoms with Crippen LogP contribution in [0.1, 0.15) is 57.4 Å². The van der Waals surface area contributed by atoms with E-state index >= 15 is 0 Å². The van der Waals surface area contributed by atoms with Crippen LogP contribution in [0.4, 0.5) is 0 Å². The molecule has 0 radical (unpaired) electrons. The Hall–Kier alpha value is -1.12. The lowest BCUT2D eigenvalue weighted by molar-refractivity contribution is -0.0320. The van der Waals surface area contributed by atoms with Gasteiger partial charge in [-0.05, 0) is 12.0 Å². The van der Waals surface area contributed by atoms with Crippen LogP contribution in [0.5, 0.6) is 0 Å². The molecule has 118 valence electrons. The van der Waals surface area contributed by atoms with Crippen molar-refractivity contribution >= 4 is 0 Å². The summed E-state index contributed by atoms with van der Waals surface area (Å²) in [4.78, 5) is 0. The monoisotopic (exact) mass is 290 g/mol. The van der Waals surface area contributed by atoms with E-state index in [0.29, 0.717) is 6.61 Å². The summed E-state index contributed by atoms with van der Waals surface area (Å²) in [5.41, 5.74) is 1.14. The van der Waals surface area contributed by atoms with Gasteiger partial charge in [-0.1, -0.05) is 81.9 Å². The van der Waals surface area contributed by atoms with E-state index in [4.69, 9.17) is 4.74 Å². The predicted molar refractivity (Wildman–Crippen MR) is 89.2 cm³/mol. The van der Waals surface area contributed by atoms with E-state index in [1.54, 1.807) is 6.08 Å². The molecule has 0 aliphatic rings. The number of aliphatic hydroxyl groups is 1. The summed E-state index contributed by atoms with van der Waals surface area (Å²) in [6, 6.07) is 10.1. The van der Waals surface area contributed by atoms with Crippen molar-refractivity contribution in [2.45, 2.75) is 70.7 Å². The van der Waals surface area contributed by atoms with Crippen LogP contribution in [0.15, 0.2) is 43.0 Å². The topological polar surface area (TPSA) is 29.5 Å². The van der Waals surface area contributed by atoms with Gasteiger partial charge in [-0.2, -0.15) is 0 Å². The number of hydrogen-bond acceptors (Lipinski definition) is 2. The normalized spacial score (nSPS) is 13.8. The molecule has 1 aromatic carbocycles. The first-order valence-corrected chi connectivity index (χ1v) is 8.24. The summed E-state index contributed by atoms with van der Waals surface area (Å²) in [6.07, 6.45) is 9.26. The summed E-state index contributed by atoms with van der Waals surface area (Å²) >= 11 is 0. The zero-order chi connectivity index (χ0) is 15.3. The van der Waals surface area contributed by atoms with Crippen LogP contribution in [0.25, 0.3) is 0 Å². The average Bonchev–Trinajstić information content (AvgIpc) is 2.53. The molecule has 0 aliphatic heterocycles. The second-order valence-corrected chi connectivity index (χ2v) is 5.62. The highest BCUT2D eigenvalue weighted by molar-refractivity contribution is 5.13. The van der Waals surface area contributed by atoms with E-state index in [9.17, 15) is 5.11 Å². The third kappa shape index (κ3) is 8.03. The molecule has 2 heteroatoms. The zero-order valence-corrected chi connectivity index (χ0v) is 13.3. The second-order valence-electron chi connectivity index (χ2n) is 5.62. The SMILES string of the molecule is C=C[C@H](O)[C@H](CCCCCCCC)OCc1ccccc1. The zero-order valence-electron chi connectivity index (χ0n) is 13.3. The number of unbranched alkanes of at least 4 members (excludes halogenated alkanes) is 5. The van der Waals surface area contributed by atoms with Gasteiger partial charge in [0.2, 0.25) is 0 Å². The highest BCUT2D eigenvalue weighted by Gasteiger charge is 2.16. The van der Waals surface area contributed by atoms with E-state index in [1.807, 2.05) is 30.3 Å². The standard InChI is InChI=1S/C19H30O2/c1-3-5-6-7-8-12-15-19(18(20)4-2)21-16-17-13-10-9-11-14-17/h4,9-11,13-14,18-20H,2-3,5-8,12,15-16H2,1H3/t18-,19-/m0/s1. The van der Waals surface area contributed by atoms with Gasteiger partial charge in [-0.3, -0.25) is 0 Å². The first-order valence-electron chi connectivity index (χ1n) is 8.24. The average molecular weight is 290 g/mol. The van der Waals surface area contributed by atoms with Crippen LogP contribution >= 0.6 is 0 Å². The van der Waals surface area contributed by atoms with Crippen LogP contribution in [0.3, 0.4) is 0 Å². The number of rotatable bonds is 12. The van der Waals surface area contributed by atoms with Crippen molar-refractivity contribution in [2.24, 2.45) is 0 Å². The molecule has 0 amide bonds. The Bertz CT molecular complexity index is 361. The molecule has 0 aliphatic carbocycles. The molecule has 0 heterocycles. The lowest BCUT2D eigenvalue weighted by atomic mass is 10.0. The molecule has 1 aromatic rings. The smallest absolute Gasteiger partial charge is 0.0980 e. The Morgan fingerprint density at radius 3 is 2.43 bits per heavy atom. The summed E-state index contributed by atoms with van der Waals surface area (Å²) in [7, 11) is 0. The molecule has 0 unspecified atom stereocenters. The van der Waals surface area contributed by atoms with Crippen LogP contribution < -0.4 is 0 Å². The minimum absolute atomic E-state index is 0.145. The van der Waals surface area contributed by atoms with E-state index in [0.717, 1.165) is 18.4 Å². The van der Waals surface area contributed by atoms with Gasteiger partial charge >= 0.3 is 0 Å². The molecular formula is C19H30O2. The molecular weight excluding hydrogens is 260 g/mol. The van der Waals surface area contributed by atoms with Crippen molar-refractivity contribution in [3.63, 3.8) is 0 Å². The van der Waals surface area contributed by atoms with Gasteiger partial charge in [0.05, 0.1) is 18.8 Å². The molecule has 21 heavy (non-hydrogen) atoms. The minimum Gasteiger partial charge on any atom is -0.386 e. The molecule has 0 bridgehead atoms. The molecule has 0 saturated carbocycles. The Kier molecular flexibility index (Phi) is 9.84. The lowest BCUT2D eigenvalue weighted by Crippen LogP contribution is -2.27. The van der Waals surface area contributed by atoms with Crippen molar-refractivity contribution in [1.82, 2.24) is 0 Å². The fourth-order valence-electron chi connectivity index (χ4n) is 2.41. The van der Waals surface area contributed by atoms with Crippen molar-refractivity contribution in [2.75, 3.05) is 0 Å². The maximum Gasteiger partial charge on any atom is 0.0980 e. The Labute approximate surface area is 129 Å². The predicted octanol–water partition coefficient (Wildman–Crippen LogP) is 4.87. The molecule has 1 N–H and O–H groups in total. The summed E-state index contributed by atoms with van der Waals surface area (Å²) in [5, 5.41) is 9.99. The first-order chi connectivity index (χ1) is 10.3. The maximum absolute atomic E-state index is 9.99. The Morgan fingerprint density at radius 2 is 1.76 bits per heavy atom. The van der Waals surface area contributed by atoms with Gasteiger partial charge in [0.25, 0.3) is 0 Å². The summed E-state index contributed by atoms with van der Waals surface area (Å²) in [5.74, 6) is 0. The van der Waals surface area contributed by atoms with Crippen molar-refractivity contribution in [1.29, 1.82) is 0 Å². The molecule has 0 fully saturated rings. The summed E-state index contributed by atoms with van der Waals surface area (Å²) < 4.78 is 5.89. The highest BCUT2D eigenvalue weighted by Crippen LogP contribution is 2.15. The third-order valence-corrected chi connectivity index (χ3v) is 3.77. The van der Waals surface area contributed by atoms with Gasteiger partial charge in [0, 0.05) is 0 Å².